The van der Waals surface area contributed by atoms with Crippen LogP contribution < -0.4 is 0 Å². The molecule has 3 aliphatic rings. The molecule has 2 aliphatic carbocycles. The number of rotatable bonds is 4. The second-order valence-corrected chi connectivity index (χ2v) is 8.47. The van der Waals surface area contributed by atoms with Gasteiger partial charge >= 0.3 is 0 Å². The average molecular weight is 266 g/mol. The van der Waals surface area contributed by atoms with Gasteiger partial charge in [-0.15, -0.1) is 0 Å². The summed E-state index contributed by atoms with van der Waals surface area (Å²) in [7, 11) is 2.41. The smallest absolute Gasteiger partial charge is 0.102 e. The molecule has 1 heterocycles. The molecule has 1 aliphatic heterocycles. The van der Waals surface area contributed by atoms with Crippen molar-refractivity contribution in [3.63, 3.8) is 0 Å². The molecular formula is C17H32NO+. The summed E-state index contributed by atoms with van der Waals surface area (Å²) in [5.41, 5.74) is 0.922. The molecular weight excluding hydrogens is 234 g/mol. The molecule has 0 aromatic heterocycles. The minimum atomic E-state index is 0.432. The zero-order valence-corrected chi connectivity index (χ0v) is 13.4. The van der Waals surface area contributed by atoms with Crippen LogP contribution in [0.5, 0.6) is 0 Å². The standard InChI is InChI=1S/C17H32NO/c1-16(2)14-7-8-17(16,3)15(13-14)19-12-11-18(4)9-5-6-10-18/h14-15H,5-13H2,1-4H3/q+1/t14-,15+,17-/m1/s1. The highest BCUT2D eigenvalue weighted by Crippen LogP contribution is 2.66. The lowest BCUT2D eigenvalue weighted by atomic mass is 9.70. The van der Waals surface area contributed by atoms with Crippen molar-refractivity contribution in [2.24, 2.45) is 16.7 Å². The van der Waals surface area contributed by atoms with Gasteiger partial charge in [0.2, 0.25) is 0 Å². The lowest BCUT2D eigenvalue weighted by Crippen LogP contribution is -2.45. The fourth-order valence-corrected chi connectivity index (χ4v) is 5.12. The fourth-order valence-electron chi connectivity index (χ4n) is 5.12. The van der Waals surface area contributed by atoms with Gasteiger partial charge in [0.1, 0.15) is 6.54 Å². The Hall–Kier alpha value is -0.0800. The van der Waals surface area contributed by atoms with E-state index >= 15 is 0 Å². The highest BCUT2D eigenvalue weighted by Gasteiger charge is 2.61. The van der Waals surface area contributed by atoms with Crippen molar-refractivity contribution in [2.45, 2.75) is 59.0 Å². The Bertz CT molecular complexity index is 345. The first kappa shape index (κ1) is 13.9. The first-order chi connectivity index (χ1) is 8.87. The summed E-state index contributed by atoms with van der Waals surface area (Å²) in [5, 5.41) is 0. The molecule has 3 fully saturated rings. The van der Waals surface area contributed by atoms with Crippen LogP contribution in [0.15, 0.2) is 0 Å². The average Bonchev–Trinajstić information content (AvgIpc) is 2.91. The van der Waals surface area contributed by atoms with Crippen LogP contribution in [-0.2, 0) is 4.74 Å². The summed E-state index contributed by atoms with van der Waals surface area (Å²) < 4.78 is 7.63. The highest BCUT2D eigenvalue weighted by atomic mass is 16.5. The van der Waals surface area contributed by atoms with Crippen molar-refractivity contribution in [1.29, 1.82) is 0 Å². The van der Waals surface area contributed by atoms with Crippen LogP contribution >= 0.6 is 0 Å². The van der Waals surface area contributed by atoms with Crippen LogP contribution in [0.25, 0.3) is 0 Å². The van der Waals surface area contributed by atoms with Crippen LogP contribution in [0.2, 0.25) is 0 Å². The van der Waals surface area contributed by atoms with Crippen LogP contribution in [0.1, 0.15) is 52.9 Å². The second-order valence-electron chi connectivity index (χ2n) is 8.47. The zero-order chi connectivity index (χ0) is 13.7. The number of nitrogens with zero attached hydrogens (tertiary/aromatic N) is 1. The van der Waals surface area contributed by atoms with Gasteiger partial charge in [0.15, 0.2) is 0 Å². The quantitative estimate of drug-likeness (QED) is 0.708. The fraction of sp³-hybridized carbons (Fsp3) is 1.00. The number of ether oxygens (including phenoxy) is 1. The van der Waals surface area contributed by atoms with E-state index in [9.17, 15) is 0 Å². The first-order valence-corrected chi connectivity index (χ1v) is 8.33. The van der Waals surface area contributed by atoms with E-state index in [1.54, 1.807) is 0 Å². The van der Waals surface area contributed by atoms with E-state index in [0.717, 1.165) is 12.5 Å². The highest BCUT2D eigenvalue weighted by molar-refractivity contribution is 5.11. The summed E-state index contributed by atoms with van der Waals surface area (Å²) in [6, 6.07) is 0. The van der Waals surface area contributed by atoms with E-state index in [0.29, 0.717) is 16.9 Å². The molecule has 0 aromatic carbocycles. The van der Waals surface area contributed by atoms with Crippen molar-refractivity contribution in [1.82, 2.24) is 0 Å². The number of fused-ring (bicyclic) bond motifs is 2. The summed E-state index contributed by atoms with van der Waals surface area (Å²) in [5.74, 6) is 0.902. The third-order valence-electron chi connectivity index (χ3n) is 7.31. The Labute approximate surface area is 119 Å². The Morgan fingerprint density at radius 2 is 1.84 bits per heavy atom. The molecule has 0 radical (unpaired) electrons. The lowest BCUT2D eigenvalue weighted by molar-refractivity contribution is -0.898. The summed E-state index contributed by atoms with van der Waals surface area (Å²) in [4.78, 5) is 0. The first-order valence-electron chi connectivity index (χ1n) is 8.33. The van der Waals surface area contributed by atoms with Gasteiger partial charge in [-0.2, -0.15) is 0 Å². The van der Waals surface area contributed by atoms with Crippen molar-refractivity contribution in [3.05, 3.63) is 0 Å². The minimum Gasteiger partial charge on any atom is -0.372 e. The molecule has 0 amide bonds. The topological polar surface area (TPSA) is 9.23 Å². The molecule has 3 rings (SSSR count). The van der Waals surface area contributed by atoms with Crippen LogP contribution in [0, 0.1) is 16.7 Å². The predicted octanol–water partition coefficient (Wildman–Crippen LogP) is 3.46. The third kappa shape index (κ3) is 2.06. The predicted molar refractivity (Wildman–Crippen MR) is 79.0 cm³/mol. The Balaban J connectivity index is 1.55. The maximum atomic E-state index is 6.39. The molecule has 3 atom stereocenters. The van der Waals surface area contributed by atoms with Gasteiger partial charge in [0, 0.05) is 12.8 Å². The number of hydrogen-bond donors (Lipinski definition) is 0. The van der Waals surface area contributed by atoms with E-state index in [4.69, 9.17) is 4.74 Å². The second kappa shape index (κ2) is 4.46. The molecule has 0 spiro atoms. The maximum absolute atomic E-state index is 6.39. The normalized spacial score (nSPS) is 42.9. The number of likely N-dealkylation sites (tertiary alicyclic amines) is 1. The van der Waals surface area contributed by atoms with E-state index < -0.39 is 0 Å². The van der Waals surface area contributed by atoms with E-state index in [1.807, 2.05) is 0 Å². The largest absolute Gasteiger partial charge is 0.372 e. The van der Waals surface area contributed by atoms with Gasteiger partial charge in [0.25, 0.3) is 0 Å². The van der Waals surface area contributed by atoms with Crippen molar-refractivity contribution >= 4 is 0 Å². The summed E-state index contributed by atoms with van der Waals surface area (Å²) >= 11 is 0. The number of quaternary nitrogens is 1. The monoisotopic (exact) mass is 266 g/mol. The van der Waals surface area contributed by atoms with Crippen LogP contribution in [0.4, 0.5) is 0 Å². The van der Waals surface area contributed by atoms with Crippen molar-refractivity contribution < 1.29 is 9.22 Å². The molecule has 0 unspecified atom stereocenters. The van der Waals surface area contributed by atoms with E-state index in [2.05, 4.69) is 27.8 Å². The minimum absolute atomic E-state index is 0.432. The van der Waals surface area contributed by atoms with Gasteiger partial charge in [0.05, 0.1) is 32.8 Å². The maximum Gasteiger partial charge on any atom is 0.102 e. The van der Waals surface area contributed by atoms with Gasteiger partial charge in [-0.05, 0) is 36.0 Å². The molecule has 2 heteroatoms. The third-order valence-corrected chi connectivity index (χ3v) is 7.31. The molecule has 19 heavy (non-hydrogen) atoms. The molecule has 0 N–H and O–H groups in total. The lowest BCUT2D eigenvalue weighted by Gasteiger charge is -2.39. The Morgan fingerprint density at radius 3 is 2.37 bits per heavy atom. The SMILES string of the molecule is CC1(C)[C@@H]2CC[C@]1(C)[C@@H](OCC[N+]1(C)CCCC1)C2. The molecule has 0 aromatic rings. The zero-order valence-electron chi connectivity index (χ0n) is 13.4. The number of likely N-dealkylation sites (N-methyl/N-ethyl adjacent to an activating group) is 1. The molecule has 1 saturated heterocycles. The molecule has 2 bridgehead atoms. The Kier molecular flexibility index (Phi) is 3.26. The van der Waals surface area contributed by atoms with Gasteiger partial charge in [-0.25, -0.2) is 0 Å². The summed E-state index contributed by atoms with van der Waals surface area (Å²) in [6.07, 6.45) is 7.46. The van der Waals surface area contributed by atoms with E-state index in [1.165, 1.54) is 56.2 Å². The summed E-state index contributed by atoms with van der Waals surface area (Å²) in [6.45, 7) is 12.3. The molecule has 2 saturated carbocycles. The van der Waals surface area contributed by atoms with Crippen LogP contribution in [-0.4, -0.2) is 43.9 Å². The number of hydrogen-bond acceptors (Lipinski definition) is 1. The van der Waals surface area contributed by atoms with Crippen LogP contribution in [0.3, 0.4) is 0 Å². The van der Waals surface area contributed by atoms with Gasteiger partial charge in [-0.3, -0.25) is 0 Å². The Morgan fingerprint density at radius 1 is 1.16 bits per heavy atom. The van der Waals surface area contributed by atoms with Crippen molar-refractivity contribution in [2.75, 3.05) is 33.3 Å². The van der Waals surface area contributed by atoms with E-state index in [-0.39, 0.29) is 0 Å². The molecule has 110 valence electrons. The van der Waals surface area contributed by atoms with Gasteiger partial charge < -0.3 is 9.22 Å². The van der Waals surface area contributed by atoms with Gasteiger partial charge in [-0.1, -0.05) is 20.8 Å². The van der Waals surface area contributed by atoms with Crippen molar-refractivity contribution in [3.8, 4) is 0 Å². The molecule has 2 nitrogen and oxygen atoms in total.